The Labute approximate surface area is 92.3 Å². The highest BCUT2D eigenvalue weighted by Crippen LogP contribution is 2.03. The Morgan fingerprint density at radius 1 is 1.53 bits per heavy atom. The van der Waals surface area contributed by atoms with Gasteiger partial charge in [-0.15, -0.1) is 0 Å². The molecule has 0 fully saturated rings. The summed E-state index contributed by atoms with van der Waals surface area (Å²) in [5, 5.41) is 18.6. The summed E-state index contributed by atoms with van der Waals surface area (Å²) in [6, 6.07) is 8.66. The van der Waals surface area contributed by atoms with Gasteiger partial charge in [-0.2, -0.15) is 0 Å². The SMILES string of the molecule is [2H][13CH]([2H])[13C@@]([2H])(O)[13C@H](O)[13C](=O)OCc1ccccc1. The van der Waals surface area contributed by atoms with Crippen molar-refractivity contribution in [3.05, 3.63) is 35.9 Å². The van der Waals surface area contributed by atoms with Crippen molar-refractivity contribution in [3.63, 3.8) is 0 Å². The van der Waals surface area contributed by atoms with Crippen LogP contribution in [0.4, 0.5) is 0 Å². The van der Waals surface area contributed by atoms with Crippen molar-refractivity contribution in [2.45, 2.75) is 25.7 Å². The van der Waals surface area contributed by atoms with Gasteiger partial charge in [-0.3, -0.25) is 0 Å². The largest absolute Gasteiger partial charge is 0.459 e. The third kappa shape index (κ3) is 3.69. The lowest BCUT2D eigenvalue weighted by Gasteiger charge is -2.12. The molecule has 0 radical (unpaired) electrons. The van der Waals surface area contributed by atoms with Crippen molar-refractivity contribution in [1.29, 1.82) is 0 Å². The minimum Gasteiger partial charge on any atom is -0.459 e. The van der Waals surface area contributed by atoms with Crippen LogP contribution in [0.2, 0.25) is 0 Å². The van der Waals surface area contributed by atoms with Gasteiger partial charge in [0.15, 0.2) is 6.10 Å². The molecule has 0 spiro atoms. The predicted molar refractivity (Wildman–Crippen MR) is 53.9 cm³/mol. The molecule has 0 saturated heterocycles. The number of hydrogen-bond acceptors (Lipinski definition) is 4. The Morgan fingerprint density at radius 2 is 2.20 bits per heavy atom. The third-order valence-corrected chi connectivity index (χ3v) is 1.73. The van der Waals surface area contributed by atoms with Crippen LogP contribution in [0, 0.1) is 0 Å². The number of aliphatic hydroxyl groups excluding tert-OH is 1. The van der Waals surface area contributed by atoms with Crippen LogP contribution in [0.5, 0.6) is 0 Å². The van der Waals surface area contributed by atoms with Crippen LogP contribution < -0.4 is 0 Å². The summed E-state index contributed by atoms with van der Waals surface area (Å²) in [6.45, 7) is -2.20. The second kappa shape index (κ2) is 5.48. The molecule has 4 nitrogen and oxygen atoms in total. The zero-order valence-electron chi connectivity index (χ0n) is 11.0. The van der Waals surface area contributed by atoms with Crippen LogP contribution in [0.1, 0.15) is 16.6 Å². The number of aliphatic hydroxyl groups is 2. The Kier molecular flexibility index (Phi) is 2.87. The van der Waals surface area contributed by atoms with E-state index in [0.717, 1.165) is 0 Å². The zero-order chi connectivity index (χ0) is 13.8. The number of carbonyl (C=O) groups excluding carboxylic acids is 1. The van der Waals surface area contributed by atoms with Gasteiger partial charge in [-0.05, 0) is 12.4 Å². The smallest absolute Gasteiger partial charge is 0.338 e. The minimum atomic E-state index is -2.91. The molecule has 82 valence electrons. The first kappa shape index (κ1) is 7.84. The second-order valence-electron chi connectivity index (χ2n) is 2.92. The van der Waals surface area contributed by atoms with Crippen molar-refractivity contribution in [1.82, 2.24) is 0 Å². The molecular formula is C11H14O4. The van der Waals surface area contributed by atoms with Crippen LogP contribution in [-0.4, -0.2) is 28.4 Å². The van der Waals surface area contributed by atoms with Crippen LogP contribution in [0.15, 0.2) is 30.3 Å². The second-order valence-corrected chi connectivity index (χ2v) is 2.92. The predicted octanol–water partition coefficient (Wildman–Crippen LogP) is 0.471. The first-order valence-corrected chi connectivity index (χ1v) is 4.31. The van der Waals surface area contributed by atoms with Crippen molar-refractivity contribution >= 4 is 5.97 Å². The van der Waals surface area contributed by atoms with E-state index in [4.69, 9.17) is 8.85 Å². The summed E-state index contributed by atoms with van der Waals surface area (Å²) < 4.78 is 25.5. The van der Waals surface area contributed by atoms with Gasteiger partial charge in [0.1, 0.15) is 6.61 Å². The van der Waals surface area contributed by atoms with Crippen molar-refractivity contribution in [3.8, 4) is 0 Å². The Hall–Kier alpha value is -1.39. The molecule has 0 aliphatic heterocycles. The normalized spacial score (nSPS) is 19.5. The topological polar surface area (TPSA) is 66.8 Å². The molecule has 0 aliphatic rings. The van der Waals surface area contributed by atoms with Gasteiger partial charge in [-0.1, -0.05) is 30.3 Å². The number of carbonyl (C=O) groups is 1. The molecule has 0 unspecified atom stereocenters. The summed E-state index contributed by atoms with van der Waals surface area (Å²) in [7, 11) is 0. The minimum absolute atomic E-state index is 0.118. The molecular weight excluding hydrogens is 200 g/mol. The van der Waals surface area contributed by atoms with Crippen molar-refractivity contribution < 1.29 is 23.9 Å². The molecule has 2 N–H and O–H groups in total. The average molecular weight is 217 g/mol. The molecule has 0 saturated carbocycles. The molecule has 0 amide bonds. The summed E-state index contributed by atoms with van der Waals surface area (Å²) >= 11 is 0. The quantitative estimate of drug-likeness (QED) is 0.568. The number of ether oxygens (including phenoxy) is 1. The lowest BCUT2D eigenvalue weighted by Crippen LogP contribution is -2.33. The molecule has 2 atom stereocenters. The number of benzene rings is 1. The summed E-state index contributed by atoms with van der Waals surface area (Å²) in [5.74, 6) is -1.24. The number of hydrogen-bond donors (Lipinski definition) is 2. The highest BCUT2D eigenvalue weighted by molar-refractivity contribution is 5.74. The van der Waals surface area contributed by atoms with E-state index in [9.17, 15) is 15.0 Å². The van der Waals surface area contributed by atoms with E-state index in [0.29, 0.717) is 5.56 Å². The fourth-order valence-corrected chi connectivity index (χ4v) is 0.928. The van der Waals surface area contributed by atoms with Gasteiger partial charge in [-0.25, -0.2) is 4.79 Å². The third-order valence-electron chi connectivity index (χ3n) is 1.73. The van der Waals surface area contributed by atoms with Crippen molar-refractivity contribution in [2.75, 3.05) is 0 Å². The number of esters is 1. The standard InChI is InChI=1S/C11H14O4/c1-8(12)10(13)11(14)15-7-9-5-3-2-4-6-9/h2-6,8,10,12-13H,7H2,1H3/t8-,10+/m1/s1/i1+1D2,8+1D,10+1,11+1. The Morgan fingerprint density at radius 3 is 2.80 bits per heavy atom. The van der Waals surface area contributed by atoms with Gasteiger partial charge >= 0.3 is 5.97 Å². The van der Waals surface area contributed by atoms with Crippen LogP contribution in [0.25, 0.3) is 0 Å². The van der Waals surface area contributed by atoms with Gasteiger partial charge in [0.25, 0.3) is 0 Å². The van der Waals surface area contributed by atoms with Gasteiger partial charge in [0.05, 0.1) is 7.45 Å². The zero-order valence-corrected chi connectivity index (χ0v) is 7.96. The first-order valence-electron chi connectivity index (χ1n) is 5.96. The maximum Gasteiger partial charge on any atom is 0.338 e. The molecule has 0 aliphatic carbocycles. The summed E-state index contributed by atoms with van der Waals surface area (Å²) in [6.07, 6.45) is -5.16. The molecule has 15 heavy (non-hydrogen) atoms. The van der Waals surface area contributed by atoms with E-state index in [-0.39, 0.29) is 6.61 Å². The Bertz CT molecular complexity index is 395. The maximum atomic E-state index is 11.3. The molecule has 0 heterocycles. The van der Waals surface area contributed by atoms with Gasteiger partial charge in [0, 0.05) is 2.74 Å². The fraction of sp³-hybridized carbons (Fsp3) is 0.364. The van der Waals surface area contributed by atoms with E-state index in [2.05, 4.69) is 0 Å². The highest BCUT2D eigenvalue weighted by atomic mass is 16.7. The molecule has 0 bridgehead atoms. The lowest BCUT2D eigenvalue weighted by atomic mass is 10.2. The Balaban J connectivity index is 2.56. The van der Waals surface area contributed by atoms with Gasteiger partial charge < -0.3 is 14.9 Å². The van der Waals surface area contributed by atoms with Crippen LogP contribution in [-0.2, 0) is 16.1 Å². The lowest BCUT2D eigenvalue weighted by molar-refractivity contribution is -0.160. The van der Waals surface area contributed by atoms with Crippen LogP contribution in [0.3, 0.4) is 0 Å². The summed E-state index contributed by atoms with van der Waals surface area (Å²) in [5.41, 5.74) is 0.680. The van der Waals surface area contributed by atoms with Crippen molar-refractivity contribution in [2.24, 2.45) is 0 Å². The fourth-order valence-electron chi connectivity index (χ4n) is 0.928. The average Bonchev–Trinajstić information content (AvgIpc) is 2.36. The maximum absolute atomic E-state index is 11.3. The van der Waals surface area contributed by atoms with Gasteiger partial charge in [0.2, 0.25) is 0 Å². The number of rotatable bonds is 4. The van der Waals surface area contributed by atoms with E-state index >= 15 is 0 Å². The monoisotopic (exact) mass is 217 g/mol. The van der Waals surface area contributed by atoms with Crippen LogP contribution >= 0.6 is 0 Å². The molecule has 1 aromatic rings. The van der Waals surface area contributed by atoms with E-state index in [1.54, 1.807) is 30.3 Å². The molecule has 1 rings (SSSR count). The van der Waals surface area contributed by atoms with E-state index < -0.39 is 25.0 Å². The molecule has 1 aromatic carbocycles. The highest BCUT2D eigenvalue weighted by Gasteiger charge is 2.21. The van der Waals surface area contributed by atoms with E-state index in [1.165, 1.54) is 0 Å². The summed E-state index contributed by atoms with van der Waals surface area (Å²) in [4.78, 5) is 11.3. The first-order chi connectivity index (χ1) is 8.35. The van der Waals surface area contributed by atoms with E-state index in [1.807, 2.05) is 0 Å². The molecule has 0 aromatic heterocycles. The molecule has 4 heteroatoms.